The Morgan fingerprint density at radius 1 is 1.25 bits per heavy atom. The van der Waals surface area contributed by atoms with Gasteiger partial charge in [0.1, 0.15) is 0 Å². The first-order valence-electron chi connectivity index (χ1n) is 7.65. The van der Waals surface area contributed by atoms with E-state index in [1.807, 2.05) is 31.2 Å². The van der Waals surface area contributed by atoms with Crippen LogP contribution < -0.4 is 5.32 Å². The predicted octanol–water partition coefficient (Wildman–Crippen LogP) is 3.44. The Morgan fingerprint density at radius 2 is 1.96 bits per heavy atom. The quantitative estimate of drug-likeness (QED) is 0.766. The van der Waals surface area contributed by atoms with Crippen molar-refractivity contribution in [2.24, 2.45) is 0 Å². The van der Waals surface area contributed by atoms with E-state index in [2.05, 4.69) is 33.2 Å². The maximum atomic E-state index is 11.9. The highest BCUT2D eigenvalue weighted by Gasteiger charge is 2.13. The van der Waals surface area contributed by atoms with Crippen molar-refractivity contribution in [2.75, 3.05) is 6.61 Å². The molecule has 126 valence electrons. The van der Waals surface area contributed by atoms with Crippen molar-refractivity contribution in [1.82, 2.24) is 10.3 Å². The summed E-state index contributed by atoms with van der Waals surface area (Å²) in [6.07, 6.45) is 3.93. The average molecular weight is 391 g/mol. The van der Waals surface area contributed by atoms with Gasteiger partial charge in [-0.15, -0.1) is 0 Å². The summed E-state index contributed by atoms with van der Waals surface area (Å²) in [5.74, 6) is -0.933. The zero-order valence-electron chi connectivity index (χ0n) is 13.6. The highest BCUT2D eigenvalue weighted by molar-refractivity contribution is 9.10. The Kier molecular flexibility index (Phi) is 6.49. The zero-order chi connectivity index (χ0) is 17.5. The summed E-state index contributed by atoms with van der Waals surface area (Å²) in [6, 6.07) is 9.49. The van der Waals surface area contributed by atoms with Crippen LogP contribution in [0.2, 0.25) is 0 Å². The van der Waals surface area contributed by atoms with E-state index < -0.39 is 5.97 Å². The molecule has 0 unspecified atom stereocenters. The van der Waals surface area contributed by atoms with Crippen LogP contribution in [0.25, 0.3) is 0 Å². The zero-order valence-corrected chi connectivity index (χ0v) is 15.2. The number of aromatic nitrogens is 1. The summed E-state index contributed by atoms with van der Waals surface area (Å²) in [7, 11) is 0. The van der Waals surface area contributed by atoms with Gasteiger partial charge < -0.3 is 10.1 Å². The summed E-state index contributed by atoms with van der Waals surface area (Å²) >= 11 is 3.23. The van der Waals surface area contributed by atoms with Crippen LogP contribution >= 0.6 is 15.9 Å². The largest absolute Gasteiger partial charge is 0.452 e. The molecule has 2 rings (SSSR count). The van der Waals surface area contributed by atoms with Crippen molar-refractivity contribution in [2.45, 2.75) is 26.3 Å². The van der Waals surface area contributed by atoms with E-state index in [9.17, 15) is 9.59 Å². The van der Waals surface area contributed by atoms with Gasteiger partial charge in [-0.1, -0.05) is 31.2 Å². The molecular weight excluding hydrogens is 372 g/mol. The molecule has 0 radical (unpaired) electrons. The van der Waals surface area contributed by atoms with Gasteiger partial charge >= 0.3 is 5.97 Å². The Labute approximate surface area is 149 Å². The standard InChI is InChI=1S/C18H19BrN2O3/c1-3-13-4-6-14(7-5-13)12(2)21-17(22)11-24-18(23)15-8-16(19)10-20-9-15/h4-10,12H,3,11H2,1-2H3,(H,21,22)/t12-/m1/s1. The molecule has 1 amide bonds. The Bertz CT molecular complexity index is 716. The van der Waals surface area contributed by atoms with E-state index in [-0.39, 0.29) is 18.6 Å². The monoisotopic (exact) mass is 390 g/mol. The molecule has 1 heterocycles. The topological polar surface area (TPSA) is 68.3 Å². The summed E-state index contributed by atoms with van der Waals surface area (Å²) in [5, 5.41) is 2.81. The molecule has 0 spiro atoms. The highest BCUT2D eigenvalue weighted by Crippen LogP contribution is 2.14. The summed E-state index contributed by atoms with van der Waals surface area (Å²) in [5.41, 5.74) is 2.54. The van der Waals surface area contributed by atoms with Crippen LogP contribution in [-0.2, 0) is 16.0 Å². The molecule has 1 atom stereocenters. The number of esters is 1. The van der Waals surface area contributed by atoms with Crippen LogP contribution in [0.5, 0.6) is 0 Å². The molecule has 0 aliphatic rings. The lowest BCUT2D eigenvalue weighted by molar-refractivity contribution is -0.124. The molecule has 2 aromatic rings. The van der Waals surface area contributed by atoms with E-state index in [0.717, 1.165) is 12.0 Å². The molecule has 0 aliphatic carbocycles. The Balaban J connectivity index is 1.85. The molecule has 24 heavy (non-hydrogen) atoms. The van der Waals surface area contributed by atoms with Crippen LogP contribution in [0.3, 0.4) is 0 Å². The first-order chi connectivity index (χ1) is 11.5. The predicted molar refractivity (Wildman–Crippen MR) is 94.6 cm³/mol. The van der Waals surface area contributed by atoms with Gasteiger partial charge in [-0.05, 0) is 46.5 Å². The summed E-state index contributed by atoms with van der Waals surface area (Å²) in [4.78, 5) is 27.7. The normalized spacial score (nSPS) is 11.6. The number of benzene rings is 1. The number of ether oxygens (including phenoxy) is 1. The minimum absolute atomic E-state index is 0.158. The van der Waals surface area contributed by atoms with Crippen LogP contribution in [-0.4, -0.2) is 23.5 Å². The molecule has 0 saturated heterocycles. The van der Waals surface area contributed by atoms with Gasteiger partial charge in [0.25, 0.3) is 5.91 Å². The summed E-state index contributed by atoms with van der Waals surface area (Å²) in [6.45, 7) is 3.65. The second-order valence-electron chi connectivity index (χ2n) is 5.35. The van der Waals surface area contributed by atoms with Crippen molar-refractivity contribution in [3.8, 4) is 0 Å². The highest BCUT2D eigenvalue weighted by atomic mass is 79.9. The van der Waals surface area contributed by atoms with Gasteiger partial charge in [-0.2, -0.15) is 0 Å². The lowest BCUT2D eigenvalue weighted by Gasteiger charge is -2.15. The van der Waals surface area contributed by atoms with Crippen molar-refractivity contribution in [3.05, 3.63) is 63.9 Å². The van der Waals surface area contributed by atoms with E-state index in [0.29, 0.717) is 10.0 Å². The number of amides is 1. The number of nitrogens with zero attached hydrogens (tertiary/aromatic N) is 1. The van der Waals surface area contributed by atoms with Gasteiger partial charge in [-0.3, -0.25) is 9.78 Å². The second kappa shape index (κ2) is 8.59. The molecule has 0 fully saturated rings. The number of hydrogen-bond acceptors (Lipinski definition) is 4. The number of rotatable bonds is 6. The molecule has 6 heteroatoms. The van der Waals surface area contributed by atoms with Gasteiger partial charge in [0.15, 0.2) is 6.61 Å². The molecule has 1 aromatic carbocycles. The van der Waals surface area contributed by atoms with Gasteiger partial charge in [-0.25, -0.2) is 4.79 Å². The molecule has 1 N–H and O–H groups in total. The number of carbonyl (C=O) groups excluding carboxylic acids is 2. The first kappa shape index (κ1) is 18.1. The van der Waals surface area contributed by atoms with Crippen LogP contribution in [0.1, 0.15) is 41.4 Å². The van der Waals surface area contributed by atoms with E-state index >= 15 is 0 Å². The average Bonchev–Trinajstić information content (AvgIpc) is 2.59. The van der Waals surface area contributed by atoms with Crippen molar-refractivity contribution < 1.29 is 14.3 Å². The lowest BCUT2D eigenvalue weighted by Crippen LogP contribution is -2.31. The Morgan fingerprint density at radius 3 is 2.58 bits per heavy atom. The smallest absolute Gasteiger partial charge is 0.340 e. The van der Waals surface area contributed by atoms with Crippen molar-refractivity contribution in [1.29, 1.82) is 0 Å². The second-order valence-corrected chi connectivity index (χ2v) is 6.27. The fourth-order valence-corrected chi connectivity index (χ4v) is 2.51. The number of carbonyl (C=O) groups is 2. The van der Waals surface area contributed by atoms with Crippen LogP contribution in [0, 0.1) is 0 Å². The van der Waals surface area contributed by atoms with E-state index in [1.54, 1.807) is 12.3 Å². The molecule has 0 bridgehead atoms. The molecule has 5 nitrogen and oxygen atoms in total. The SMILES string of the molecule is CCc1ccc([C@@H](C)NC(=O)COC(=O)c2cncc(Br)c2)cc1. The number of pyridine rings is 1. The Hall–Kier alpha value is -2.21. The molecule has 0 saturated carbocycles. The van der Waals surface area contributed by atoms with Crippen molar-refractivity contribution >= 4 is 27.8 Å². The molecule has 1 aromatic heterocycles. The third-order valence-electron chi connectivity index (χ3n) is 3.54. The number of halogens is 1. The van der Waals surface area contributed by atoms with Gasteiger partial charge in [0.05, 0.1) is 11.6 Å². The van der Waals surface area contributed by atoms with Crippen LogP contribution in [0.4, 0.5) is 0 Å². The van der Waals surface area contributed by atoms with Gasteiger partial charge in [0, 0.05) is 16.9 Å². The van der Waals surface area contributed by atoms with Gasteiger partial charge in [0.2, 0.25) is 0 Å². The molecular formula is C18H19BrN2O3. The van der Waals surface area contributed by atoms with Crippen LogP contribution in [0.15, 0.2) is 47.2 Å². The van der Waals surface area contributed by atoms with E-state index in [1.165, 1.54) is 11.8 Å². The lowest BCUT2D eigenvalue weighted by atomic mass is 10.1. The maximum Gasteiger partial charge on any atom is 0.340 e. The first-order valence-corrected chi connectivity index (χ1v) is 8.44. The number of nitrogens with one attached hydrogen (secondary N) is 1. The fraction of sp³-hybridized carbons (Fsp3) is 0.278. The fourth-order valence-electron chi connectivity index (χ4n) is 2.15. The van der Waals surface area contributed by atoms with E-state index in [4.69, 9.17) is 4.74 Å². The third-order valence-corrected chi connectivity index (χ3v) is 3.97. The van der Waals surface area contributed by atoms with Crippen molar-refractivity contribution in [3.63, 3.8) is 0 Å². The minimum Gasteiger partial charge on any atom is -0.452 e. The third kappa shape index (κ3) is 5.16. The summed E-state index contributed by atoms with van der Waals surface area (Å²) < 4.78 is 5.68. The minimum atomic E-state index is -0.584. The molecule has 0 aliphatic heterocycles. The number of hydrogen-bond donors (Lipinski definition) is 1. The maximum absolute atomic E-state index is 11.9. The number of aryl methyl sites for hydroxylation is 1.